The lowest BCUT2D eigenvalue weighted by Gasteiger charge is -2.32. The summed E-state index contributed by atoms with van der Waals surface area (Å²) in [6.07, 6.45) is 7.06. The number of nitrogens with one attached hydrogen (secondary N) is 1. The van der Waals surface area contributed by atoms with Crippen molar-refractivity contribution in [2.75, 3.05) is 33.2 Å². The molecule has 1 N–H and O–H groups in total. The van der Waals surface area contributed by atoms with Gasteiger partial charge in [-0.25, -0.2) is 0 Å². The van der Waals surface area contributed by atoms with E-state index >= 15 is 0 Å². The predicted molar refractivity (Wildman–Crippen MR) is 76.4 cm³/mol. The summed E-state index contributed by atoms with van der Waals surface area (Å²) in [5.41, 5.74) is 0.391. The van der Waals surface area contributed by atoms with Gasteiger partial charge >= 0.3 is 0 Å². The average Bonchev–Trinajstić information content (AvgIpc) is 2.69. The van der Waals surface area contributed by atoms with Gasteiger partial charge in [-0.05, 0) is 44.2 Å². The van der Waals surface area contributed by atoms with Crippen molar-refractivity contribution in [3.63, 3.8) is 0 Å². The summed E-state index contributed by atoms with van der Waals surface area (Å²) >= 11 is 0. The van der Waals surface area contributed by atoms with Gasteiger partial charge < -0.3 is 10.2 Å². The summed E-state index contributed by atoms with van der Waals surface area (Å²) in [5, 5.41) is 3.55. The Morgan fingerprint density at radius 3 is 2.47 bits per heavy atom. The zero-order chi connectivity index (χ0) is 12.7. The third-order valence-electron chi connectivity index (χ3n) is 3.77. The van der Waals surface area contributed by atoms with Crippen LogP contribution in [0.2, 0.25) is 0 Å². The summed E-state index contributed by atoms with van der Waals surface area (Å²) in [6, 6.07) is 0. The molecule has 0 bridgehead atoms. The van der Waals surface area contributed by atoms with E-state index in [0.717, 1.165) is 19.0 Å². The molecule has 0 atom stereocenters. The maximum absolute atomic E-state index is 3.55. The van der Waals surface area contributed by atoms with Crippen LogP contribution >= 0.6 is 0 Å². The Kier molecular flexibility index (Phi) is 6.50. The summed E-state index contributed by atoms with van der Waals surface area (Å²) in [4.78, 5) is 2.55. The molecule has 2 heteroatoms. The van der Waals surface area contributed by atoms with Crippen molar-refractivity contribution in [3.8, 4) is 0 Å². The second-order valence-corrected chi connectivity index (χ2v) is 6.69. The van der Waals surface area contributed by atoms with Gasteiger partial charge in [-0.2, -0.15) is 0 Å². The molecule has 2 nitrogen and oxygen atoms in total. The van der Waals surface area contributed by atoms with E-state index < -0.39 is 0 Å². The Morgan fingerprint density at radius 2 is 1.88 bits per heavy atom. The summed E-state index contributed by atoms with van der Waals surface area (Å²) < 4.78 is 0. The van der Waals surface area contributed by atoms with E-state index in [1.807, 2.05) is 0 Å². The van der Waals surface area contributed by atoms with Crippen LogP contribution in [0.15, 0.2) is 0 Å². The van der Waals surface area contributed by atoms with Crippen LogP contribution in [-0.2, 0) is 0 Å². The van der Waals surface area contributed by atoms with E-state index in [1.165, 1.54) is 45.2 Å². The molecule has 1 saturated carbocycles. The van der Waals surface area contributed by atoms with Crippen molar-refractivity contribution in [1.29, 1.82) is 0 Å². The van der Waals surface area contributed by atoms with Crippen LogP contribution in [0.5, 0.6) is 0 Å². The minimum absolute atomic E-state index is 0.391. The van der Waals surface area contributed by atoms with E-state index in [2.05, 4.69) is 38.0 Å². The molecule has 102 valence electrons. The molecule has 0 radical (unpaired) electrons. The molecule has 0 heterocycles. The lowest BCUT2D eigenvalue weighted by atomic mass is 9.92. The molecule has 17 heavy (non-hydrogen) atoms. The maximum atomic E-state index is 3.55. The molecule has 0 aromatic rings. The van der Waals surface area contributed by atoms with Crippen LogP contribution in [0.1, 0.15) is 52.9 Å². The molecule has 0 aromatic carbocycles. The van der Waals surface area contributed by atoms with Crippen molar-refractivity contribution in [2.45, 2.75) is 52.9 Å². The van der Waals surface area contributed by atoms with Crippen molar-refractivity contribution in [3.05, 3.63) is 0 Å². The highest BCUT2D eigenvalue weighted by atomic mass is 15.1. The van der Waals surface area contributed by atoms with E-state index in [1.54, 1.807) is 0 Å². The molecule has 0 aliphatic heterocycles. The Bertz CT molecular complexity index is 195. The van der Waals surface area contributed by atoms with Crippen LogP contribution in [0.25, 0.3) is 0 Å². The third kappa shape index (κ3) is 6.42. The fourth-order valence-corrected chi connectivity index (χ4v) is 3.09. The first-order chi connectivity index (χ1) is 8.03. The number of rotatable bonds is 8. The van der Waals surface area contributed by atoms with Crippen molar-refractivity contribution < 1.29 is 0 Å². The minimum atomic E-state index is 0.391. The van der Waals surface area contributed by atoms with Crippen molar-refractivity contribution in [1.82, 2.24) is 10.2 Å². The molecule has 0 spiro atoms. The van der Waals surface area contributed by atoms with E-state index in [-0.39, 0.29) is 0 Å². The van der Waals surface area contributed by atoms with Gasteiger partial charge in [-0.15, -0.1) is 0 Å². The zero-order valence-corrected chi connectivity index (χ0v) is 12.4. The van der Waals surface area contributed by atoms with Crippen LogP contribution < -0.4 is 5.32 Å². The molecule has 0 aromatic heterocycles. The molecule has 1 fully saturated rings. The number of hydrogen-bond acceptors (Lipinski definition) is 2. The molecular formula is C15H32N2. The molecule has 1 aliphatic carbocycles. The lowest BCUT2D eigenvalue weighted by molar-refractivity contribution is 0.183. The van der Waals surface area contributed by atoms with Crippen molar-refractivity contribution in [2.24, 2.45) is 11.3 Å². The minimum Gasteiger partial charge on any atom is -0.316 e. The first kappa shape index (κ1) is 15.0. The average molecular weight is 240 g/mol. The molecular weight excluding hydrogens is 208 g/mol. The predicted octanol–water partition coefficient (Wildman–Crippen LogP) is 3.13. The Labute approximate surface area is 108 Å². The molecule has 0 amide bonds. The van der Waals surface area contributed by atoms with E-state index in [9.17, 15) is 0 Å². The normalized spacial score (nSPS) is 18.2. The highest BCUT2D eigenvalue weighted by Gasteiger charge is 2.22. The highest BCUT2D eigenvalue weighted by molar-refractivity contribution is 4.77. The van der Waals surface area contributed by atoms with Gasteiger partial charge in [0.1, 0.15) is 0 Å². The summed E-state index contributed by atoms with van der Waals surface area (Å²) in [6.45, 7) is 11.8. The van der Waals surface area contributed by atoms with Gasteiger partial charge in [0.2, 0.25) is 0 Å². The molecule has 0 unspecified atom stereocenters. The molecule has 0 saturated heterocycles. The SMILES string of the molecule is CCCNCC(C)(C)CN(C)CC1CCCC1. The van der Waals surface area contributed by atoms with Crippen LogP contribution in [0.4, 0.5) is 0 Å². The largest absolute Gasteiger partial charge is 0.316 e. The summed E-state index contributed by atoms with van der Waals surface area (Å²) in [5.74, 6) is 0.972. The fraction of sp³-hybridized carbons (Fsp3) is 1.00. The fourth-order valence-electron chi connectivity index (χ4n) is 3.09. The Balaban J connectivity index is 2.20. The zero-order valence-electron chi connectivity index (χ0n) is 12.4. The second kappa shape index (κ2) is 7.38. The first-order valence-corrected chi connectivity index (χ1v) is 7.43. The smallest absolute Gasteiger partial charge is 0.00419 e. The van der Waals surface area contributed by atoms with Gasteiger partial charge in [0.25, 0.3) is 0 Å². The van der Waals surface area contributed by atoms with Gasteiger partial charge in [0.05, 0.1) is 0 Å². The van der Waals surface area contributed by atoms with Gasteiger partial charge in [0.15, 0.2) is 0 Å². The topological polar surface area (TPSA) is 15.3 Å². The quantitative estimate of drug-likeness (QED) is 0.656. The summed E-state index contributed by atoms with van der Waals surface area (Å²) in [7, 11) is 2.29. The van der Waals surface area contributed by atoms with Crippen LogP contribution in [0, 0.1) is 11.3 Å². The number of nitrogens with zero attached hydrogens (tertiary/aromatic N) is 1. The number of hydrogen-bond donors (Lipinski definition) is 1. The monoisotopic (exact) mass is 240 g/mol. The Morgan fingerprint density at radius 1 is 1.24 bits per heavy atom. The Hall–Kier alpha value is -0.0800. The maximum Gasteiger partial charge on any atom is 0.00419 e. The first-order valence-electron chi connectivity index (χ1n) is 7.43. The lowest BCUT2D eigenvalue weighted by Crippen LogP contribution is -2.40. The van der Waals surface area contributed by atoms with Gasteiger partial charge in [-0.1, -0.05) is 33.6 Å². The van der Waals surface area contributed by atoms with Gasteiger partial charge in [0, 0.05) is 19.6 Å². The highest BCUT2D eigenvalue weighted by Crippen LogP contribution is 2.26. The standard InChI is InChI=1S/C15H32N2/c1-5-10-16-12-15(2,3)13-17(4)11-14-8-6-7-9-14/h14,16H,5-13H2,1-4H3. The van der Waals surface area contributed by atoms with E-state index in [0.29, 0.717) is 5.41 Å². The van der Waals surface area contributed by atoms with Crippen molar-refractivity contribution >= 4 is 0 Å². The molecule has 1 rings (SSSR count). The molecule has 1 aliphatic rings. The van der Waals surface area contributed by atoms with E-state index in [4.69, 9.17) is 0 Å². The van der Waals surface area contributed by atoms with Crippen LogP contribution in [-0.4, -0.2) is 38.1 Å². The third-order valence-corrected chi connectivity index (χ3v) is 3.77. The second-order valence-electron chi connectivity index (χ2n) is 6.69. The van der Waals surface area contributed by atoms with Crippen LogP contribution in [0.3, 0.4) is 0 Å². The van der Waals surface area contributed by atoms with Gasteiger partial charge in [-0.3, -0.25) is 0 Å².